The van der Waals surface area contributed by atoms with Crippen LogP contribution in [0.25, 0.3) is 0 Å². The van der Waals surface area contributed by atoms with Gasteiger partial charge in [-0.1, -0.05) is 195 Å². The molecule has 7 rings (SSSR count). The first-order chi connectivity index (χ1) is 27.7. The molecule has 288 valence electrons. The Morgan fingerprint density at radius 1 is 0.446 bits per heavy atom. The Balaban J connectivity index is 1.29. The van der Waals surface area contributed by atoms with Gasteiger partial charge < -0.3 is 28.4 Å². The van der Waals surface area contributed by atoms with Crippen LogP contribution in [-0.4, -0.2) is 43.9 Å². The topological polar surface area (TPSA) is 55.4 Å². The molecule has 1 fully saturated rings. The van der Waals surface area contributed by atoms with Gasteiger partial charge in [-0.25, -0.2) is 0 Å². The molecule has 0 aromatic heterocycles. The van der Waals surface area contributed by atoms with Crippen LogP contribution >= 0.6 is 0 Å². The van der Waals surface area contributed by atoms with E-state index in [2.05, 4.69) is 116 Å². The van der Waals surface area contributed by atoms with Crippen molar-refractivity contribution >= 4 is 0 Å². The highest BCUT2D eigenvalue weighted by molar-refractivity contribution is 5.47. The summed E-state index contributed by atoms with van der Waals surface area (Å²) in [5.41, 5.74) is 5.20. The predicted octanol–water partition coefficient (Wildman–Crippen LogP) is 10.3. The average molecular weight is 749 g/mol. The molecule has 0 unspecified atom stereocenters. The Kier molecular flexibility index (Phi) is 14.3. The van der Waals surface area contributed by atoms with E-state index in [0.717, 1.165) is 46.2 Å². The fraction of sp³-hybridized carbons (Fsp3) is 0.280. The van der Waals surface area contributed by atoms with Crippen molar-refractivity contribution in [3.63, 3.8) is 0 Å². The summed E-state index contributed by atoms with van der Waals surface area (Å²) in [5, 5.41) is 0. The number of ether oxygens (including phenoxy) is 6. The zero-order valence-corrected chi connectivity index (χ0v) is 32.1. The van der Waals surface area contributed by atoms with Crippen molar-refractivity contribution in [2.45, 2.75) is 75.9 Å². The summed E-state index contributed by atoms with van der Waals surface area (Å²) in [5.74, 6) is 0. The number of hydrogen-bond donors (Lipinski definition) is 0. The van der Waals surface area contributed by atoms with Gasteiger partial charge in [-0.05, 0) is 39.8 Å². The Morgan fingerprint density at radius 2 is 0.821 bits per heavy atom. The lowest BCUT2D eigenvalue weighted by atomic mass is 9.80. The van der Waals surface area contributed by atoms with E-state index in [1.54, 1.807) is 0 Å². The maximum atomic E-state index is 7.40. The van der Waals surface area contributed by atoms with Gasteiger partial charge in [-0.15, -0.1) is 0 Å². The van der Waals surface area contributed by atoms with Gasteiger partial charge in [0.05, 0.1) is 26.4 Å². The van der Waals surface area contributed by atoms with Crippen LogP contribution in [0, 0.1) is 0 Å². The van der Waals surface area contributed by atoms with Gasteiger partial charge in [0.15, 0.2) is 6.29 Å². The normalized spacial score (nSPS) is 19.8. The number of benzene rings is 6. The molecule has 0 saturated carbocycles. The third-order valence-electron chi connectivity index (χ3n) is 10.2. The van der Waals surface area contributed by atoms with Crippen LogP contribution in [0.5, 0.6) is 0 Å². The molecule has 6 nitrogen and oxygen atoms in total. The van der Waals surface area contributed by atoms with Gasteiger partial charge in [-0.3, -0.25) is 0 Å². The van der Waals surface area contributed by atoms with Crippen molar-refractivity contribution in [3.05, 3.63) is 215 Å². The molecule has 5 atom stereocenters. The molecule has 6 aromatic carbocycles. The lowest BCUT2D eigenvalue weighted by Crippen LogP contribution is -2.62. The van der Waals surface area contributed by atoms with Crippen LogP contribution in [-0.2, 0) is 53.8 Å². The van der Waals surface area contributed by atoms with Gasteiger partial charge >= 0.3 is 0 Å². The number of rotatable bonds is 19. The first kappa shape index (κ1) is 39.3. The highest BCUT2D eigenvalue weighted by Gasteiger charge is 2.50. The van der Waals surface area contributed by atoms with Crippen molar-refractivity contribution in [3.8, 4) is 0 Å². The molecule has 6 aromatic rings. The molecule has 1 aliphatic rings. The Morgan fingerprint density at radius 3 is 1.23 bits per heavy atom. The van der Waals surface area contributed by atoms with Gasteiger partial charge in [0.25, 0.3) is 0 Å². The standard InChI is InChI=1S/C50H52O6/c1-2-3-34-51-49-48(54-37-41-26-14-6-15-27-41)47(53-36-40-24-12-5-13-25-40)46(52-35-39-22-10-4-11-23-39)45(56-49)38-55-50(42-28-16-7-17-29-42,43-30-18-8-19-31-43)44-32-20-9-21-33-44/h4-33,45-49H,2-3,34-38H2,1H3/t45-,46-,47+,48-,49+/m1/s1. The van der Waals surface area contributed by atoms with E-state index in [-0.39, 0.29) is 6.61 Å². The quantitative estimate of drug-likeness (QED) is 0.0607. The highest BCUT2D eigenvalue weighted by Crippen LogP contribution is 2.42. The van der Waals surface area contributed by atoms with Crippen molar-refractivity contribution in [2.24, 2.45) is 0 Å². The summed E-state index contributed by atoms with van der Waals surface area (Å²) < 4.78 is 41.8. The predicted molar refractivity (Wildman–Crippen MR) is 220 cm³/mol. The second-order valence-corrected chi connectivity index (χ2v) is 14.1. The second kappa shape index (κ2) is 20.3. The van der Waals surface area contributed by atoms with Gasteiger partial charge in [-0.2, -0.15) is 0 Å². The average Bonchev–Trinajstić information content (AvgIpc) is 3.27. The molecule has 56 heavy (non-hydrogen) atoms. The van der Waals surface area contributed by atoms with Crippen molar-refractivity contribution < 1.29 is 28.4 Å². The molecule has 1 heterocycles. The molecule has 0 radical (unpaired) electrons. The summed E-state index contributed by atoms with van der Waals surface area (Å²) in [6, 6.07) is 61.8. The summed E-state index contributed by atoms with van der Waals surface area (Å²) in [7, 11) is 0. The maximum Gasteiger partial charge on any atom is 0.186 e. The number of unbranched alkanes of at least 4 members (excludes halogenated alkanes) is 1. The van der Waals surface area contributed by atoms with Crippen molar-refractivity contribution in [2.75, 3.05) is 13.2 Å². The largest absolute Gasteiger partial charge is 0.368 e. The molecular formula is C50H52O6. The minimum Gasteiger partial charge on any atom is -0.368 e. The van der Waals surface area contributed by atoms with Gasteiger partial charge in [0.1, 0.15) is 30.0 Å². The van der Waals surface area contributed by atoms with Gasteiger partial charge in [0, 0.05) is 6.61 Å². The van der Waals surface area contributed by atoms with E-state index in [4.69, 9.17) is 28.4 Å². The minimum absolute atomic E-state index is 0.169. The highest BCUT2D eigenvalue weighted by atomic mass is 16.7. The SMILES string of the molecule is CCCCO[C@H]1O[C@H](COC(c2ccccc2)(c2ccccc2)c2ccccc2)[C@@H](OCc2ccccc2)[C@H](OCc2ccccc2)[C@H]1OCc1ccccc1. The third-order valence-corrected chi connectivity index (χ3v) is 10.2. The summed E-state index contributed by atoms with van der Waals surface area (Å²) in [6.07, 6.45) is -1.24. The molecule has 0 aliphatic carbocycles. The lowest BCUT2D eigenvalue weighted by molar-refractivity contribution is -0.330. The van der Waals surface area contributed by atoms with E-state index >= 15 is 0 Å². The van der Waals surface area contributed by atoms with E-state index in [1.807, 2.05) is 72.8 Å². The molecule has 0 spiro atoms. The molecule has 0 bridgehead atoms. The van der Waals surface area contributed by atoms with Crippen LogP contribution in [0.3, 0.4) is 0 Å². The van der Waals surface area contributed by atoms with Crippen molar-refractivity contribution in [1.29, 1.82) is 0 Å². The fourth-order valence-corrected chi connectivity index (χ4v) is 7.33. The molecule has 0 amide bonds. The van der Waals surface area contributed by atoms with Crippen LogP contribution in [0.15, 0.2) is 182 Å². The van der Waals surface area contributed by atoms with Crippen LogP contribution in [0.1, 0.15) is 53.1 Å². The number of hydrogen-bond acceptors (Lipinski definition) is 6. The lowest BCUT2D eigenvalue weighted by Gasteiger charge is -2.47. The zero-order chi connectivity index (χ0) is 38.3. The van der Waals surface area contributed by atoms with Gasteiger partial charge in [0.2, 0.25) is 0 Å². The van der Waals surface area contributed by atoms with Crippen LogP contribution in [0.2, 0.25) is 0 Å². The summed E-state index contributed by atoms with van der Waals surface area (Å²) in [6.45, 7) is 3.91. The first-order valence-corrected chi connectivity index (χ1v) is 19.8. The Labute approximate surface area is 332 Å². The molecule has 1 saturated heterocycles. The Hall–Kier alpha value is -4.92. The summed E-state index contributed by atoms with van der Waals surface area (Å²) >= 11 is 0. The van der Waals surface area contributed by atoms with E-state index in [1.165, 1.54) is 0 Å². The van der Waals surface area contributed by atoms with Crippen LogP contribution in [0.4, 0.5) is 0 Å². The molecule has 0 N–H and O–H groups in total. The first-order valence-electron chi connectivity index (χ1n) is 19.8. The van der Waals surface area contributed by atoms with Crippen molar-refractivity contribution in [1.82, 2.24) is 0 Å². The Bertz CT molecular complexity index is 1870. The van der Waals surface area contributed by atoms with Crippen LogP contribution < -0.4 is 0 Å². The second-order valence-electron chi connectivity index (χ2n) is 14.1. The van der Waals surface area contributed by atoms with E-state index in [0.29, 0.717) is 26.4 Å². The fourth-order valence-electron chi connectivity index (χ4n) is 7.33. The molecule has 1 aliphatic heterocycles. The smallest absolute Gasteiger partial charge is 0.186 e. The summed E-state index contributed by atoms with van der Waals surface area (Å²) in [4.78, 5) is 0. The monoisotopic (exact) mass is 748 g/mol. The molecule has 6 heteroatoms. The third kappa shape index (κ3) is 9.90. The molecular weight excluding hydrogens is 697 g/mol. The maximum absolute atomic E-state index is 7.40. The minimum atomic E-state index is -0.962. The van der Waals surface area contributed by atoms with E-state index in [9.17, 15) is 0 Å². The zero-order valence-electron chi connectivity index (χ0n) is 32.1. The van der Waals surface area contributed by atoms with E-state index < -0.39 is 36.3 Å².